The fourth-order valence-corrected chi connectivity index (χ4v) is 3.73. The number of carbonyl (C=O) groups is 1. The number of hydrogen-bond acceptors (Lipinski definition) is 2. The Morgan fingerprint density at radius 2 is 2.10 bits per heavy atom. The first-order chi connectivity index (χ1) is 9.42. The van der Waals surface area contributed by atoms with Gasteiger partial charge in [0.25, 0.3) is 5.92 Å². The molecule has 0 radical (unpaired) electrons. The van der Waals surface area contributed by atoms with E-state index in [1.54, 1.807) is 12.1 Å². The Hall–Kier alpha value is -1.01. The lowest BCUT2D eigenvalue weighted by molar-refractivity contribution is -0.137. The van der Waals surface area contributed by atoms with Crippen molar-refractivity contribution in [3.63, 3.8) is 0 Å². The molecule has 0 saturated carbocycles. The summed E-state index contributed by atoms with van der Waals surface area (Å²) < 4.78 is 30.1. The molecule has 0 unspecified atom stereocenters. The lowest BCUT2D eigenvalue weighted by atomic mass is 10.0. The number of rotatable bonds is 6. The zero-order valence-electron chi connectivity index (χ0n) is 10.5. The van der Waals surface area contributed by atoms with E-state index in [0.29, 0.717) is 5.39 Å². The van der Waals surface area contributed by atoms with E-state index in [-0.39, 0.29) is 31.2 Å². The standard InChI is InChI=1S/C14H13BrF2O2S/c15-11-5-3-4-9-10(8-20-13(9)11)14(16,17)7-2-1-6-12(18)19/h3-5,8H,1-2,6-7H2,(H,18,19). The molecular formula is C14H13BrF2O2S. The minimum Gasteiger partial charge on any atom is -0.481 e. The summed E-state index contributed by atoms with van der Waals surface area (Å²) in [5.41, 5.74) is 0.0362. The molecule has 0 spiro atoms. The molecule has 1 heterocycles. The van der Waals surface area contributed by atoms with E-state index in [0.717, 1.165) is 9.17 Å². The number of carboxylic acids is 1. The molecule has 1 N–H and O–H groups in total. The van der Waals surface area contributed by atoms with Gasteiger partial charge in [0.2, 0.25) is 0 Å². The average Bonchev–Trinajstić information content (AvgIpc) is 2.80. The third kappa shape index (κ3) is 3.35. The van der Waals surface area contributed by atoms with Gasteiger partial charge in [-0.1, -0.05) is 12.1 Å². The summed E-state index contributed by atoms with van der Waals surface area (Å²) >= 11 is 4.65. The van der Waals surface area contributed by atoms with Crippen LogP contribution in [0.4, 0.5) is 8.78 Å². The predicted octanol–water partition coefficient (Wildman–Crippen LogP) is 5.40. The highest BCUT2D eigenvalue weighted by atomic mass is 79.9. The monoisotopic (exact) mass is 362 g/mol. The van der Waals surface area contributed by atoms with Gasteiger partial charge >= 0.3 is 5.97 Å². The SMILES string of the molecule is O=C(O)CCCCC(F)(F)c1csc2c(Br)cccc12. The van der Waals surface area contributed by atoms with Crippen molar-refractivity contribution < 1.29 is 18.7 Å². The number of fused-ring (bicyclic) bond motifs is 1. The van der Waals surface area contributed by atoms with E-state index < -0.39 is 11.9 Å². The smallest absolute Gasteiger partial charge is 0.303 e. The number of carboxylic acid groups (broad SMARTS) is 1. The maximum atomic E-state index is 14.2. The number of thiophene rings is 1. The molecule has 2 nitrogen and oxygen atoms in total. The van der Waals surface area contributed by atoms with E-state index in [9.17, 15) is 13.6 Å². The summed E-state index contributed by atoms with van der Waals surface area (Å²) in [4.78, 5) is 10.4. The van der Waals surface area contributed by atoms with Gasteiger partial charge in [0.1, 0.15) is 0 Å². The summed E-state index contributed by atoms with van der Waals surface area (Å²) in [6, 6.07) is 5.26. The summed E-state index contributed by atoms with van der Waals surface area (Å²) in [5.74, 6) is -3.87. The Labute approximate surface area is 127 Å². The molecule has 1 aromatic heterocycles. The van der Waals surface area contributed by atoms with Gasteiger partial charge in [0.15, 0.2) is 0 Å². The zero-order valence-corrected chi connectivity index (χ0v) is 12.9. The van der Waals surface area contributed by atoms with Crippen LogP contribution in [0.1, 0.15) is 31.2 Å². The molecule has 2 aromatic rings. The lowest BCUT2D eigenvalue weighted by Crippen LogP contribution is -2.12. The van der Waals surface area contributed by atoms with Crippen molar-refractivity contribution in [2.45, 2.75) is 31.6 Å². The number of aliphatic carboxylic acids is 1. The fraction of sp³-hybridized carbons (Fsp3) is 0.357. The number of alkyl halides is 2. The molecule has 0 amide bonds. The Kier molecular flexibility index (Phi) is 4.75. The average molecular weight is 363 g/mol. The van der Waals surface area contributed by atoms with Crippen molar-refractivity contribution in [1.29, 1.82) is 0 Å². The first-order valence-electron chi connectivity index (χ1n) is 6.17. The van der Waals surface area contributed by atoms with Gasteiger partial charge in [-0.05, 0) is 34.8 Å². The van der Waals surface area contributed by atoms with Gasteiger partial charge in [-0.25, -0.2) is 8.78 Å². The zero-order chi connectivity index (χ0) is 14.8. The van der Waals surface area contributed by atoms with Crippen LogP contribution in [0.5, 0.6) is 0 Å². The lowest BCUT2D eigenvalue weighted by Gasteiger charge is -2.15. The van der Waals surface area contributed by atoms with E-state index in [2.05, 4.69) is 15.9 Å². The molecule has 0 aliphatic carbocycles. The molecule has 0 aliphatic rings. The van der Waals surface area contributed by atoms with Crippen LogP contribution in [0, 0.1) is 0 Å². The predicted molar refractivity (Wildman–Crippen MR) is 79.5 cm³/mol. The van der Waals surface area contributed by atoms with E-state index in [1.807, 2.05) is 6.07 Å². The van der Waals surface area contributed by atoms with Crippen LogP contribution in [0.2, 0.25) is 0 Å². The van der Waals surface area contributed by atoms with Crippen molar-refractivity contribution >= 4 is 43.3 Å². The Bertz CT molecular complexity index is 625. The highest BCUT2D eigenvalue weighted by molar-refractivity contribution is 9.10. The van der Waals surface area contributed by atoms with Crippen LogP contribution in [0.3, 0.4) is 0 Å². The summed E-state index contributed by atoms with van der Waals surface area (Å²) in [7, 11) is 0. The summed E-state index contributed by atoms with van der Waals surface area (Å²) in [5, 5.41) is 10.6. The molecule has 0 aliphatic heterocycles. The summed E-state index contributed by atoms with van der Waals surface area (Å²) in [6.07, 6.45) is 0.0893. The maximum Gasteiger partial charge on any atom is 0.303 e. The minimum absolute atomic E-state index is 0.0362. The van der Waals surface area contributed by atoms with Crippen LogP contribution in [0.25, 0.3) is 10.1 Å². The van der Waals surface area contributed by atoms with Gasteiger partial charge in [0, 0.05) is 38.3 Å². The fourth-order valence-electron chi connectivity index (χ4n) is 2.06. The molecule has 0 bridgehead atoms. The van der Waals surface area contributed by atoms with Crippen molar-refractivity contribution in [1.82, 2.24) is 0 Å². The van der Waals surface area contributed by atoms with Crippen molar-refractivity contribution in [3.05, 3.63) is 33.6 Å². The van der Waals surface area contributed by atoms with Gasteiger partial charge in [-0.2, -0.15) is 0 Å². The topological polar surface area (TPSA) is 37.3 Å². The second-order valence-electron chi connectivity index (χ2n) is 4.57. The van der Waals surface area contributed by atoms with Crippen LogP contribution in [-0.2, 0) is 10.7 Å². The first-order valence-corrected chi connectivity index (χ1v) is 7.85. The Balaban J connectivity index is 2.15. The normalized spacial score (nSPS) is 11.9. The first kappa shape index (κ1) is 15.4. The van der Waals surface area contributed by atoms with Crippen LogP contribution in [-0.4, -0.2) is 11.1 Å². The van der Waals surface area contributed by atoms with Gasteiger partial charge in [-0.3, -0.25) is 4.79 Å². The molecule has 108 valence electrons. The quantitative estimate of drug-likeness (QED) is 0.698. The number of unbranched alkanes of at least 4 members (excludes halogenated alkanes) is 1. The molecule has 0 atom stereocenters. The van der Waals surface area contributed by atoms with E-state index in [1.165, 1.54) is 16.7 Å². The van der Waals surface area contributed by atoms with Crippen molar-refractivity contribution in [2.24, 2.45) is 0 Å². The molecule has 1 aromatic carbocycles. The summed E-state index contributed by atoms with van der Waals surface area (Å²) in [6.45, 7) is 0. The molecular weight excluding hydrogens is 350 g/mol. The van der Waals surface area contributed by atoms with Gasteiger partial charge in [-0.15, -0.1) is 11.3 Å². The van der Waals surface area contributed by atoms with Crippen molar-refractivity contribution in [2.75, 3.05) is 0 Å². The van der Waals surface area contributed by atoms with Crippen LogP contribution >= 0.6 is 27.3 Å². The molecule has 6 heteroatoms. The molecule has 0 fully saturated rings. The van der Waals surface area contributed by atoms with E-state index >= 15 is 0 Å². The highest BCUT2D eigenvalue weighted by Crippen LogP contribution is 2.42. The molecule has 0 saturated heterocycles. The van der Waals surface area contributed by atoms with Crippen LogP contribution in [0.15, 0.2) is 28.1 Å². The third-order valence-electron chi connectivity index (χ3n) is 3.08. The van der Waals surface area contributed by atoms with Gasteiger partial charge < -0.3 is 5.11 Å². The molecule has 2 rings (SSSR count). The Morgan fingerprint density at radius 1 is 1.35 bits per heavy atom. The van der Waals surface area contributed by atoms with Gasteiger partial charge in [0.05, 0.1) is 0 Å². The maximum absolute atomic E-state index is 14.2. The largest absolute Gasteiger partial charge is 0.481 e. The second-order valence-corrected chi connectivity index (χ2v) is 6.31. The highest BCUT2D eigenvalue weighted by Gasteiger charge is 2.33. The third-order valence-corrected chi connectivity index (χ3v) is 5.03. The molecule has 20 heavy (non-hydrogen) atoms. The second kappa shape index (κ2) is 6.18. The number of hydrogen-bond donors (Lipinski definition) is 1. The van der Waals surface area contributed by atoms with E-state index in [4.69, 9.17) is 5.11 Å². The number of halogens is 3. The van der Waals surface area contributed by atoms with Crippen LogP contribution < -0.4 is 0 Å². The number of benzene rings is 1. The van der Waals surface area contributed by atoms with Crippen molar-refractivity contribution in [3.8, 4) is 0 Å². The minimum atomic E-state index is -2.92. The Morgan fingerprint density at radius 3 is 2.80 bits per heavy atom.